The SMILES string of the molecule is CC(C)CC(CN(C)C)NC(=O)C(C)C1CNC1. The van der Waals surface area contributed by atoms with Gasteiger partial charge in [0.1, 0.15) is 0 Å². The maximum atomic E-state index is 12.2. The Morgan fingerprint density at radius 2 is 1.94 bits per heavy atom. The normalized spacial score (nSPS) is 19.7. The van der Waals surface area contributed by atoms with Gasteiger partial charge < -0.3 is 15.5 Å². The molecule has 1 fully saturated rings. The predicted octanol–water partition coefficient (Wildman–Crippen LogP) is 0.934. The Bertz CT molecular complexity index is 252. The molecular weight excluding hydrogens is 226 g/mol. The number of rotatable bonds is 7. The summed E-state index contributed by atoms with van der Waals surface area (Å²) in [5, 5.41) is 6.45. The van der Waals surface area contributed by atoms with E-state index in [1.54, 1.807) is 0 Å². The van der Waals surface area contributed by atoms with E-state index >= 15 is 0 Å². The maximum absolute atomic E-state index is 12.2. The van der Waals surface area contributed by atoms with Crippen LogP contribution in [-0.4, -0.2) is 50.6 Å². The summed E-state index contributed by atoms with van der Waals surface area (Å²) < 4.78 is 0. The fraction of sp³-hybridized carbons (Fsp3) is 0.929. The molecule has 106 valence electrons. The van der Waals surface area contributed by atoms with Gasteiger partial charge in [-0.2, -0.15) is 0 Å². The number of nitrogens with one attached hydrogen (secondary N) is 2. The summed E-state index contributed by atoms with van der Waals surface area (Å²) in [7, 11) is 4.11. The Morgan fingerprint density at radius 3 is 2.33 bits per heavy atom. The molecule has 2 atom stereocenters. The van der Waals surface area contributed by atoms with Crippen molar-refractivity contribution in [3.63, 3.8) is 0 Å². The minimum absolute atomic E-state index is 0.128. The van der Waals surface area contributed by atoms with Crippen LogP contribution in [-0.2, 0) is 4.79 Å². The molecule has 1 rings (SSSR count). The number of carbonyl (C=O) groups is 1. The van der Waals surface area contributed by atoms with Crippen LogP contribution in [0.25, 0.3) is 0 Å². The Balaban J connectivity index is 2.44. The zero-order valence-corrected chi connectivity index (χ0v) is 12.5. The number of carbonyl (C=O) groups excluding carboxylic acids is 1. The standard InChI is InChI=1S/C14H29N3O/c1-10(2)6-13(9-17(4)5)16-14(18)11(3)12-7-15-8-12/h10-13,15H,6-9H2,1-5H3,(H,16,18). The van der Waals surface area contributed by atoms with Crippen LogP contribution >= 0.6 is 0 Å². The molecule has 4 nitrogen and oxygen atoms in total. The van der Waals surface area contributed by atoms with Crippen LogP contribution in [0.5, 0.6) is 0 Å². The van der Waals surface area contributed by atoms with Crippen LogP contribution in [0.3, 0.4) is 0 Å². The van der Waals surface area contributed by atoms with Crippen molar-refractivity contribution in [3.05, 3.63) is 0 Å². The third-order valence-electron chi connectivity index (χ3n) is 3.62. The van der Waals surface area contributed by atoms with E-state index in [-0.39, 0.29) is 17.9 Å². The first-order valence-corrected chi connectivity index (χ1v) is 7.06. The zero-order chi connectivity index (χ0) is 13.7. The van der Waals surface area contributed by atoms with Gasteiger partial charge in [-0.05, 0) is 45.4 Å². The van der Waals surface area contributed by atoms with Crippen LogP contribution in [0.15, 0.2) is 0 Å². The molecule has 1 aliphatic heterocycles. The monoisotopic (exact) mass is 255 g/mol. The van der Waals surface area contributed by atoms with Gasteiger partial charge in [-0.3, -0.25) is 4.79 Å². The average Bonchev–Trinajstić information content (AvgIpc) is 2.11. The lowest BCUT2D eigenvalue weighted by Crippen LogP contribution is -2.52. The molecule has 1 aliphatic rings. The second-order valence-electron chi connectivity index (χ2n) is 6.30. The Labute approximate surface area is 111 Å². The number of hydrogen-bond donors (Lipinski definition) is 2. The summed E-state index contributed by atoms with van der Waals surface area (Å²) in [5.74, 6) is 1.47. The second kappa shape index (κ2) is 7.10. The minimum atomic E-state index is 0.128. The average molecular weight is 255 g/mol. The molecule has 0 aromatic rings. The highest BCUT2D eigenvalue weighted by Gasteiger charge is 2.29. The lowest BCUT2D eigenvalue weighted by molar-refractivity contribution is -0.127. The van der Waals surface area contributed by atoms with E-state index in [0.29, 0.717) is 11.8 Å². The molecule has 0 spiro atoms. The van der Waals surface area contributed by atoms with Gasteiger partial charge in [0, 0.05) is 18.5 Å². The van der Waals surface area contributed by atoms with E-state index in [0.717, 1.165) is 26.1 Å². The van der Waals surface area contributed by atoms with Crippen molar-refractivity contribution in [3.8, 4) is 0 Å². The fourth-order valence-electron chi connectivity index (χ4n) is 2.40. The van der Waals surface area contributed by atoms with Gasteiger partial charge in [0.2, 0.25) is 5.91 Å². The highest BCUT2D eigenvalue weighted by molar-refractivity contribution is 5.79. The van der Waals surface area contributed by atoms with Crippen molar-refractivity contribution in [1.29, 1.82) is 0 Å². The molecule has 1 heterocycles. The molecule has 1 amide bonds. The first-order chi connectivity index (χ1) is 8.40. The second-order valence-corrected chi connectivity index (χ2v) is 6.30. The molecule has 0 aliphatic carbocycles. The number of amides is 1. The third-order valence-corrected chi connectivity index (χ3v) is 3.62. The van der Waals surface area contributed by atoms with E-state index in [9.17, 15) is 4.79 Å². The van der Waals surface area contributed by atoms with Crippen LogP contribution in [0.1, 0.15) is 27.2 Å². The van der Waals surface area contributed by atoms with Crippen LogP contribution in [0, 0.1) is 17.8 Å². The molecular formula is C14H29N3O. The molecule has 2 N–H and O–H groups in total. The molecule has 0 aromatic carbocycles. The van der Waals surface area contributed by atoms with Gasteiger partial charge in [-0.15, -0.1) is 0 Å². The molecule has 1 saturated heterocycles. The number of nitrogens with zero attached hydrogens (tertiary/aromatic N) is 1. The van der Waals surface area contributed by atoms with Gasteiger partial charge in [-0.25, -0.2) is 0 Å². The lowest BCUT2D eigenvalue weighted by atomic mass is 9.88. The summed E-state index contributed by atoms with van der Waals surface area (Å²) >= 11 is 0. The predicted molar refractivity (Wildman–Crippen MR) is 75.5 cm³/mol. The minimum Gasteiger partial charge on any atom is -0.352 e. The number of likely N-dealkylation sites (N-methyl/N-ethyl adjacent to an activating group) is 1. The van der Waals surface area contributed by atoms with Gasteiger partial charge in [0.05, 0.1) is 0 Å². The molecule has 0 bridgehead atoms. The summed E-state index contributed by atoms with van der Waals surface area (Å²) in [6.07, 6.45) is 1.04. The van der Waals surface area contributed by atoms with Crippen LogP contribution in [0.4, 0.5) is 0 Å². The Morgan fingerprint density at radius 1 is 1.33 bits per heavy atom. The van der Waals surface area contributed by atoms with E-state index in [4.69, 9.17) is 0 Å². The largest absolute Gasteiger partial charge is 0.352 e. The van der Waals surface area contributed by atoms with E-state index in [1.165, 1.54) is 0 Å². The van der Waals surface area contributed by atoms with Crippen molar-refractivity contribution in [2.24, 2.45) is 17.8 Å². The van der Waals surface area contributed by atoms with Crippen molar-refractivity contribution < 1.29 is 4.79 Å². The van der Waals surface area contributed by atoms with Crippen LogP contribution in [0.2, 0.25) is 0 Å². The van der Waals surface area contributed by atoms with Crippen molar-refractivity contribution in [1.82, 2.24) is 15.5 Å². The Hall–Kier alpha value is -0.610. The molecule has 18 heavy (non-hydrogen) atoms. The third kappa shape index (κ3) is 4.94. The lowest BCUT2D eigenvalue weighted by Gasteiger charge is -2.33. The zero-order valence-electron chi connectivity index (χ0n) is 12.5. The van der Waals surface area contributed by atoms with Gasteiger partial charge in [0.15, 0.2) is 0 Å². The van der Waals surface area contributed by atoms with E-state index in [2.05, 4.69) is 43.5 Å². The molecule has 0 aromatic heterocycles. The smallest absolute Gasteiger partial charge is 0.223 e. The first kappa shape index (κ1) is 15.4. The maximum Gasteiger partial charge on any atom is 0.223 e. The number of hydrogen-bond acceptors (Lipinski definition) is 3. The van der Waals surface area contributed by atoms with E-state index < -0.39 is 0 Å². The summed E-state index contributed by atoms with van der Waals surface area (Å²) in [6.45, 7) is 9.33. The summed E-state index contributed by atoms with van der Waals surface area (Å²) in [6, 6.07) is 0.267. The van der Waals surface area contributed by atoms with Crippen molar-refractivity contribution in [2.75, 3.05) is 33.7 Å². The molecule has 4 heteroatoms. The Kier molecular flexibility index (Phi) is 6.09. The van der Waals surface area contributed by atoms with Crippen molar-refractivity contribution >= 4 is 5.91 Å². The van der Waals surface area contributed by atoms with Gasteiger partial charge in [0.25, 0.3) is 0 Å². The van der Waals surface area contributed by atoms with Gasteiger partial charge in [-0.1, -0.05) is 20.8 Å². The summed E-state index contributed by atoms with van der Waals surface area (Å²) in [4.78, 5) is 14.3. The molecule has 0 radical (unpaired) electrons. The molecule has 0 saturated carbocycles. The van der Waals surface area contributed by atoms with Gasteiger partial charge >= 0.3 is 0 Å². The first-order valence-electron chi connectivity index (χ1n) is 7.06. The summed E-state index contributed by atoms with van der Waals surface area (Å²) in [5.41, 5.74) is 0. The topological polar surface area (TPSA) is 44.4 Å². The highest BCUT2D eigenvalue weighted by atomic mass is 16.2. The fourth-order valence-corrected chi connectivity index (χ4v) is 2.40. The molecule has 2 unspecified atom stereocenters. The highest BCUT2D eigenvalue weighted by Crippen LogP contribution is 2.16. The van der Waals surface area contributed by atoms with E-state index in [1.807, 2.05) is 6.92 Å². The van der Waals surface area contributed by atoms with Crippen LogP contribution < -0.4 is 10.6 Å². The quantitative estimate of drug-likeness (QED) is 0.711. The van der Waals surface area contributed by atoms with Crippen molar-refractivity contribution in [2.45, 2.75) is 33.2 Å².